The highest BCUT2D eigenvalue weighted by atomic mass is 32.2. The molecule has 2 rings (SSSR count). The average molecular weight is 309 g/mol. The zero-order chi connectivity index (χ0) is 15.1. The molecule has 1 aliphatic carbocycles. The first-order valence-corrected chi connectivity index (χ1v) is 8.92. The number of methoxy groups -OCH3 is 2. The van der Waals surface area contributed by atoms with E-state index >= 15 is 0 Å². The molecule has 1 aliphatic rings. The summed E-state index contributed by atoms with van der Waals surface area (Å²) >= 11 is 2.03. The lowest BCUT2D eigenvalue weighted by Crippen LogP contribution is -2.39. The first kappa shape index (κ1) is 16.5. The first-order valence-electron chi connectivity index (χ1n) is 7.70. The number of ether oxygens (including phenoxy) is 2. The van der Waals surface area contributed by atoms with Gasteiger partial charge in [0.2, 0.25) is 0 Å². The topological polar surface area (TPSA) is 30.5 Å². The number of rotatable bonds is 7. The molecule has 0 atom stereocenters. The van der Waals surface area contributed by atoms with Crippen LogP contribution in [0.4, 0.5) is 0 Å². The lowest BCUT2D eigenvalue weighted by molar-refractivity contribution is 0.354. The summed E-state index contributed by atoms with van der Waals surface area (Å²) in [5, 5.41) is 3.63. The molecule has 4 heteroatoms. The lowest BCUT2D eigenvalue weighted by Gasteiger charge is -2.36. The molecule has 0 saturated heterocycles. The summed E-state index contributed by atoms with van der Waals surface area (Å²) in [7, 11) is 3.35. The highest BCUT2D eigenvalue weighted by Gasteiger charge is 2.30. The Bertz CT molecular complexity index is 444. The second kappa shape index (κ2) is 7.95. The largest absolute Gasteiger partial charge is 0.493 e. The summed E-state index contributed by atoms with van der Waals surface area (Å²) in [6.07, 6.45) is 9.08. The van der Waals surface area contributed by atoms with Crippen LogP contribution in [0.15, 0.2) is 18.2 Å². The van der Waals surface area contributed by atoms with Crippen molar-refractivity contribution in [3.8, 4) is 11.5 Å². The minimum Gasteiger partial charge on any atom is -0.493 e. The summed E-state index contributed by atoms with van der Waals surface area (Å²) in [5.41, 5.74) is 1.24. The number of nitrogens with one attached hydrogen (secondary N) is 1. The first-order chi connectivity index (χ1) is 10.2. The molecule has 0 radical (unpaired) electrons. The minimum atomic E-state index is 0.439. The van der Waals surface area contributed by atoms with Gasteiger partial charge in [0.15, 0.2) is 11.5 Å². The van der Waals surface area contributed by atoms with Crippen LogP contribution < -0.4 is 14.8 Å². The summed E-state index contributed by atoms with van der Waals surface area (Å²) in [4.78, 5) is 0. The van der Waals surface area contributed by atoms with Gasteiger partial charge in [-0.3, -0.25) is 0 Å². The van der Waals surface area contributed by atoms with E-state index in [1.54, 1.807) is 14.2 Å². The van der Waals surface area contributed by atoms with E-state index in [4.69, 9.17) is 9.47 Å². The van der Waals surface area contributed by atoms with E-state index < -0.39 is 0 Å². The van der Waals surface area contributed by atoms with E-state index in [1.165, 1.54) is 37.7 Å². The van der Waals surface area contributed by atoms with Gasteiger partial charge in [-0.2, -0.15) is 11.8 Å². The molecule has 0 amide bonds. The standard InChI is InChI=1S/C17H27NO2S/c1-19-15-8-7-14(11-16(15)20-2)12-18-13-17(21-3)9-5-4-6-10-17/h7-8,11,18H,4-6,9-10,12-13H2,1-3H3. The minimum absolute atomic E-state index is 0.439. The fraction of sp³-hybridized carbons (Fsp3) is 0.647. The fourth-order valence-electron chi connectivity index (χ4n) is 3.07. The highest BCUT2D eigenvalue weighted by Crippen LogP contribution is 2.38. The van der Waals surface area contributed by atoms with E-state index in [1.807, 2.05) is 17.8 Å². The van der Waals surface area contributed by atoms with Gasteiger partial charge in [0, 0.05) is 17.8 Å². The van der Waals surface area contributed by atoms with Crippen molar-refractivity contribution in [2.24, 2.45) is 0 Å². The van der Waals surface area contributed by atoms with Crippen LogP contribution in [-0.2, 0) is 6.54 Å². The number of benzene rings is 1. The number of hydrogen-bond donors (Lipinski definition) is 1. The maximum atomic E-state index is 5.36. The summed E-state index contributed by atoms with van der Waals surface area (Å²) in [6, 6.07) is 6.13. The molecule has 118 valence electrons. The molecule has 1 N–H and O–H groups in total. The molecular formula is C17H27NO2S. The van der Waals surface area contributed by atoms with Crippen LogP contribution in [0.1, 0.15) is 37.7 Å². The molecule has 3 nitrogen and oxygen atoms in total. The Morgan fingerprint density at radius 3 is 2.43 bits per heavy atom. The summed E-state index contributed by atoms with van der Waals surface area (Å²) in [6.45, 7) is 1.96. The predicted molar refractivity (Wildman–Crippen MR) is 90.6 cm³/mol. The van der Waals surface area contributed by atoms with Crippen LogP contribution >= 0.6 is 11.8 Å². The van der Waals surface area contributed by atoms with E-state index in [2.05, 4.69) is 23.7 Å². The normalized spacial score (nSPS) is 17.5. The van der Waals surface area contributed by atoms with Gasteiger partial charge >= 0.3 is 0 Å². The van der Waals surface area contributed by atoms with Crippen LogP contribution in [0.25, 0.3) is 0 Å². The van der Waals surface area contributed by atoms with Crippen LogP contribution in [0.3, 0.4) is 0 Å². The van der Waals surface area contributed by atoms with Crippen molar-refractivity contribution in [3.05, 3.63) is 23.8 Å². The molecule has 1 aromatic rings. The Morgan fingerprint density at radius 1 is 1.10 bits per heavy atom. The van der Waals surface area contributed by atoms with Crippen molar-refractivity contribution in [2.75, 3.05) is 27.0 Å². The quantitative estimate of drug-likeness (QED) is 0.828. The van der Waals surface area contributed by atoms with Gasteiger partial charge in [-0.25, -0.2) is 0 Å². The molecule has 1 aromatic carbocycles. The molecule has 0 aliphatic heterocycles. The fourth-order valence-corrected chi connectivity index (χ4v) is 4.02. The van der Waals surface area contributed by atoms with Crippen LogP contribution in [-0.4, -0.2) is 31.8 Å². The van der Waals surface area contributed by atoms with Crippen molar-refractivity contribution in [2.45, 2.75) is 43.4 Å². The van der Waals surface area contributed by atoms with E-state index in [0.29, 0.717) is 4.75 Å². The van der Waals surface area contributed by atoms with E-state index in [0.717, 1.165) is 24.6 Å². The zero-order valence-electron chi connectivity index (χ0n) is 13.4. The van der Waals surface area contributed by atoms with Crippen molar-refractivity contribution >= 4 is 11.8 Å². The van der Waals surface area contributed by atoms with Gasteiger partial charge in [0.25, 0.3) is 0 Å². The maximum Gasteiger partial charge on any atom is 0.161 e. The number of hydrogen-bond acceptors (Lipinski definition) is 4. The third-order valence-corrected chi connectivity index (χ3v) is 5.84. The van der Waals surface area contributed by atoms with E-state index in [9.17, 15) is 0 Å². The van der Waals surface area contributed by atoms with Gasteiger partial charge in [0.1, 0.15) is 0 Å². The zero-order valence-corrected chi connectivity index (χ0v) is 14.2. The Kier molecular flexibility index (Phi) is 6.24. The molecule has 1 saturated carbocycles. The Labute approximate surface area is 132 Å². The molecule has 21 heavy (non-hydrogen) atoms. The van der Waals surface area contributed by atoms with Gasteiger partial charge in [-0.05, 0) is 36.8 Å². The van der Waals surface area contributed by atoms with Crippen LogP contribution in [0.2, 0.25) is 0 Å². The third-order valence-electron chi connectivity index (χ3n) is 4.42. The monoisotopic (exact) mass is 309 g/mol. The Balaban J connectivity index is 1.90. The molecule has 1 fully saturated rings. The SMILES string of the molecule is COc1ccc(CNCC2(SC)CCCCC2)cc1OC. The highest BCUT2D eigenvalue weighted by molar-refractivity contribution is 8.00. The summed E-state index contributed by atoms with van der Waals surface area (Å²) < 4.78 is 11.1. The second-order valence-electron chi connectivity index (χ2n) is 5.74. The molecule has 0 spiro atoms. The van der Waals surface area contributed by atoms with E-state index in [-0.39, 0.29) is 0 Å². The molecular weight excluding hydrogens is 282 g/mol. The van der Waals surface area contributed by atoms with Gasteiger partial charge in [0.05, 0.1) is 14.2 Å². The van der Waals surface area contributed by atoms with Crippen molar-refractivity contribution < 1.29 is 9.47 Å². The third kappa shape index (κ3) is 4.30. The lowest BCUT2D eigenvalue weighted by atomic mass is 9.88. The molecule has 0 bridgehead atoms. The van der Waals surface area contributed by atoms with Gasteiger partial charge in [-0.15, -0.1) is 0 Å². The van der Waals surface area contributed by atoms with Crippen LogP contribution in [0, 0.1) is 0 Å². The second-order valence-corrected chi connectivity index (χ2v) is 7.01. The van der Waals surface area contributed by atoms with Gasteiger partial charge < -0.3 is 14.8 Å². The Hall–Kier alpha value is -0.870. The maximum absolute atomic E-state index is 5.36. The molecule has 0 heterocycles. The van der Waals surface area contributed by atoms with Crippen molar-refractivity contribution in [1.29, 1.82) is 0 Å². The summed E-state index contributed by atoms with van der Waals surface area (Å²) in [5.74, 6) is 1.59. The average Bonchev–Trinajstić information content (AvgIpc) is 2.55. The molecule has 0 unspecified atom stereocenters. The van der Waals surface area contributed by atoms with Gasteiger partial charge in [-0.1, -0.05) is 25.3 Å². The van der Waals surface area contributed by atoms with Crippen molar-refractivity contribution in [3.63, 3.8) is 0 Å². The molecule has 0 aromatic heterocycles. The smallest absolute Gasteiger partial charge is 0.161 e. The van der Waals surface area contributed by atoms with Crippen LogP contribution in [0.5, 0.6) is 11.5 Å². The number of thioether (sulfide) groups is 1. The van der Waals surface area contributed by atoms with Crippen molar-refractivity contribution in [1.82, 2.24) is 5.32 Å². The Morgan fingerprint density at radius 2 is 1.81 bits per heavy atom. The predicted octanol–water partition coefficient (Wildman–Crippen LogP) is 3.86.